The zero-order valence-corrected chi connectivity index (χ0v) is 28.2. The number of nitrogens with zero attached hydrogens (tertiary/aromatic N) is 2. The number of nitrogens with one attached hydrogen (secondary N) is 1. The molecule has 1 saturated carbocycles. The van der Waals surface area contributed by atoms with Gasteiger partial charge in [0.1, 0.15) is 24.2 Å². The van der Waals surface area contributed by atoms with Gasteiger partial charge in [-0.05, 0) is 86.3 Å². The number of rotatable bonds is 14. The molecule has 0 radical (unpaired) electrons. The fraction of sp³-hybridized carbons (Fsp3) is 0.316. The Morgan fingerprint density at radius 3 is 2.15 bits per heavy atom. The standard InChI is InChI=1S/C38H42FN3O5S/c1-3-47-34-21-23-35(24-22-34)48(45,46)42(33-19-13-28(2)14-20-33)27-37(43)41(26-30-15-17-31(39)18-16-30)36(25-29-9-5-4-6-10-29)38(44)40-32-11-7-8-12-32/h4-6,9-10,13-24,32,36H,3,7-8,11-12,25-27H2,1-2H3,(H,40,44). The van der Waals surface area contributed by atoms with Crippen LogP contribution in [0.2, 0.25) is 0 Å². The maximum Gasteiger partial charge on any atom is 0.264 e. The second-order valence-corrected chi connectivity index (χ2v) is 14.0. The van der Waals surface area contributed by atoms with Gasteiger partial charge in [-0.15, -0.1) is 0 Å². The Balaban J connectivity index is 1.55. The molecule has 0 spiro atoms. The molecule has 1 aliphatic carbocycles. The summed E-state index contributed by atoms with van der Waals surface area (Å²) in [5, 5.41) is 3.16. The molecule has 4 aromatic carbocycles. The minimum atomic E-state index is -4.25. The molecule has 1 atom stereocenters. The maximum atomic E-state index is 14.6. The molecule has 1 fully saturated rings. The first kappa shape index (κ1) is 34.6. The van der Waals surface area contributed by atoms with Gasteiger partial charge in [0.05, 0.1) is 17.2 Å². The first-order chi connectivity index (χ1) is 23.1. The van der Waals surface area contributed by atoms with E-state index < -0.39 is 34.3 Å². The number of halogens is 1. The van der Waals surface area contributed by atoms with Gasteiger partial charge in [-0.2, -0.15) is 0 Å². The lowest BCUT2D eigenvalue weighted by atomic mass is 10.0. The average molecular weight is 672 g/mol. The van der Waals surface area contributed by atoms with Crippen LogP contribution in [0.4, 0.5) is 10.1 Å². The number of carbonyl (C=O) groups is 2. The van der Waals surface area contributed by atoms with E-state index in [-0.39, 0.29) is 29.8 Å². The van der Waals surface area contributed by atoms with Crippen molar-refractivity contribution in [2.45, 2.75) is 69.5 Å². The molecule has 10 heteroatoms. The van der Waals surface area contributed by atoms with Crippen molar-refractivity contribution in [3.8, 4) is 5.75 Å². The highest BCUT2D eigenvalue weighted by Gasteiger charge is 2.35. The molecule has 0 saturated heterocycles. The van der Waals surface area contributed by atoms with Crippen LogP contribution >= 0.6 is 0 Å². The Hall–Kier alpha value is -4.70. The van der Waals surface area contributed by atoms with Crippen LogP contribution in [0, 0.1) is 12.7 Å². The van der Waals surface area contributed by atoms with Crippen LogP contribution in [0.3, 0.4) is 0 Å². The first-order valence-corrected chi connectivity index (χ1v) is 17.8. The van der Waals surface area contributed by atoms with Crippen LogP contribution < -0.4 is 14.4 Å². The monoisotopic (exact) mass is 671 g/mol. The van der Waals surface area contributed by atoms with E-state index >= 15 is 0 Å². The molecule has 252 valence electrons. The molecule has 1 aliphatic rings. The van der Waals surface area contributed by atoms with Crippen molar-refractivity contribution < 1.29 is 27.1 Å². The molecule has 2 amide bonds. The SMILES string of the molecule is CCOc1ccc(S(=O)(=O)N(CC(=O)N(Cc2ccc(F)cc2)C(Cc2ccccc2)C(=O)NC2CCCC2)c2ccc(C)cc2)cc1. The van der Waals surface area contributed by atoms with Crippen molar-refractivity contribution >= 4 is 27.5 Å². The zero-order chi connectivity index (χ0) is 34.1. The van der Waals surface area contributed by atoms with Crippen LogP contribution in [0.1, 0.15) is 49.3 Å². The number of aryl methyl sites for hydroxylation is 1. The molecule has 0 aromatic heterocycles. The molecule has 4 aromatic rings. The molecule has 8 nitrogen and oxygen atoms in total. The van der Waals surface area contributed by atoms with Crippen molar-refractivity contribution in [2.24, 2.45) is 0 Å². The van der Waals surface area contributed by atoms with Gasteiger partial charge in [0.2, 0.25) is 11.8 Å². The van der Waals surface area contributed by atoms with E-state index in [1.165, 1.54) is 29.2 Å². The van der Waals surface area contributed by atoms with Crippen LogP contribution in [0.15, 0.2) is 108 Å². The van der Waals surface area contributed by atoms with Gasteiger partial charge < -0.3 is 15.0 Å². The number of carbonyl (C=O) groups excluding carboxylic acids is 2. The normalized spacial score (nSPS) is 13.9. The summed E-state index contributed by atoms with van der Waals surface area (Å²) in [6, 6.07) is 27.1. The van der Waals surface area contributed by atoms with Crippen molar-refractivity contribution in [1.82, 2.24) is 10.2 Å². The van der Waals surface area contributed by atoms with Crippen LogP contribution in [-0.2, 0) is 32.6 Å². The van der Waals surface area contributed by atoms with Gasteiger partial charge in [-0.1, -0.05) is 73.0 Å². The highest BCUT2D eigenvalue weighted by atomic mass is 32.2. The summed E-state index contributed by atoms with van der Waals surface area (Å²) in [4.78, 5) is 30.1. The van der Waals surface area contributed by atoms with E-state index in [0.717, 1.165) is 41.1 Å². The maximum absolute atomic E-state index is 14.6. The molecule has 5 rings (SSSR count). The fourth-order valence-corrected chi connectivity index (χ4v) is 7.36. The van der Waals surface area contributed by atoms with E-state index in [9.17, 15) is 22.4 Å². The van der Waals surface area contributed by atoms with E-state index in [1.54, 1.807) is 48.5 Å². The number of benzene rings is 4. The van der Waals surface area contributed by atoms with E-state index in [4.69, 9.17) is 4.74 Å². The predicted molar refractivity (Wildman–Crippen MR) is 185 cm³/mol. The molecule has 0 bridgehead atoms. The Labute approximate surface area is 282 Å². The third-order valence-electron chi connectivity index (χ3n) is 8.56. The minimum absolute atomic E-state index is 0.00245. The largest absolute Gasteiger partial charge is 0.494 e. The van der Waals surface area contributed by atoms with E-state index in [2.05, 4.69) is 5.32 Å². The summed E-state index contributed by atoms with van der Waals surface area (Å²) >= 11 is 0. The highest BCUT2D eigenvalue weighted by molar-refractivity contribution is 7.92. The lowest BCUT2D eigenvalue weighted by molar-refractivity contribution is -0.140. The molecular formula is C38H42FN3O5S. The number of amides is 2. The Bertz CT molecular complexity index is 1760. The summed E-state index contributed by atoms with van der Waals surface area (Å²) in [7, 11) is -4.25. The molecule has 0 aliphatic heterocycles. The van der Waals surface area contributed by atoms with Gasteiger partial charge in [0.25, 0.3) is 10.0 Å². The molecule has 1 unspecified atom stereocenters. The van der Waals surface area contributed by atoms with Gasteiger partial charge in [0.15, 0.2) is 0 Å². The highest BCUT2D eigenvalue weighted by Crippen LogP contribution is 2.27. The van der Waals surface area contributed by atoms with Gasteiger partial charge in [-0.3, -0.25) is 13.9 Å². The van der Waals surface area contributed by atoms with Crippen molar-refractivity contribution in [3.05, 3.63) is 126 Å². The smallest absolute Gasteiger partial charge is 0.264 e. The Morgan fingerprint density at radius 2 is 1.52 bits per heavy atom. The van der Waals surface area contributed by atoms with Gasteiger partial charge >= 0.3 is 0 Å². The zero-order valence-electron chi connectivity index (χ0n) is 27.3. The van der Waals surface area contributed by atoms with Gasteiger partial charge in [0, 0.05) is 19.0 Å². The number of hydrogen-bond donors (Lipinski definition) is 1. The summed E-state index contributed by atoms with van der Waals surface area (Å²) in [5.74, 6) is -0.783. The quantitative estimate of drug-likeness (QED) is 0.167. The molecule has 0 heterocycles. The molecular weight excluding hydrogens is 629 g/mol. The average Bonchev–Trinajstić information content (AvgIpc) is 3.60. The number of ether oxygens (including phenoxy) is 1. The summed E-state index contributed by atoms with van der Waals surface area (Å²) in [5.41, 5.74) is 2.68. The van der Waals surface area contributed by atoms with Gasteiger partial charge in [-0.25, -0.2) is 12.8 Å². The van der Waals surface area contributed by atoms with Crippen LogP contribution in [-0.4, -0.2) is 50.4 Å². The molecule has 48 heavy (non-hydrogen) atoms. The first-order valence-electron chi connectivity index (χ1n) is 16.3. The van der Waals surface area contributed by atoms with Crippen molar-refractivity contribution in [3.63, 3.8) is 0 Å². The fourth-order valence-electron chi connectivity index (χ4n) is 5.95. The molecule has 1 N–H and O–H groups in total. The van der Waals surface area contributed by atoms with Crippen molar-refractivity contribution in [2.75, 3.05) is 17.5 Å². The lowest BCUT2D eigenvalue weighted by Crippen LogP contribution is -2.54. The third-order valence-corrected chi connectivity index (χ3v) is 10.4. The second kappa shape index (κ2) is 15.9. The Morgan fingerprint density at radius 1 is 0.875 bits per heavy atom. The topological polar surface area (TPSA) is 96.0 Å². The number of sulfonamides is 1. The van der Waals surface area contributed by atoms with E-state index in [0.29, 0.717) is 23.6 Å². The minimum Gasteiger partial charge on any atom is -0.494 e. The summed E-state index contributed by atoms with van der Waals surface area (Å²) in [6.07, 6.45) is 3.96. The predicted octanol–water partition coefficient (Wildman–Crippen LogP) is 6.43. The van der Waals surface area contributed by atoms with Crippen LogP contribution in [0.25, 0.3) is 0 Å². The number of anilines is 1. The van der Waals surface area contributed by atoms with E-state index in [1.807, 2.05) is 44.2 Å². The number of hydrogen-bond acceptors (Lipinski definition) is 5. The second-order valence-electron chi connectivity index (χ2n) is 12.1. The summed E-state index contributed by atoms with van der Waals surface area (Å²) in [6.45, 7) is 3.56. The summed E-state index contributed by atoms with van der Waals surface area (Å²) < 4.78 is 49.0. The van der Waals surface area contributed by atoms with Crippen LogP contribution in [0.5, 0.6) is 5.75 Å². The third kappa shape index (κ3) is 8.80. The lowest BCUT2D eigenvalue weighted by Gasteiger charge is -2.34. The Kier molecular flexibility index (Phi) is 11.5. The van der Waals surface area contributed by atoms with Crippen molar-refractivity contribution in [1.29, 1.82) is 0 Å².